The quantitative estimate of drug-likeness (QED) is 0.477. The van der Waals surface area contributed by atoms with Crippen LogP contribution in [-0.2, 0) is 0 Å². The molecular weight excluding hydrogens is 314 g/mol. The van der Waals surface area contributed by atoms with Gasteiger partial charge in [-0.3, -0.25) is 4.79 Å². The minimum Gasteiger partial charge on any atom is -0.298 e. The Hall–Kier alpha value is -0.300. The van der Waals surface area contributed by atoms with E-state index in [1.54, 1.807) is 22.6 Å². The third kappa shape index (κ3) is 2.14. The zero-order valence-corrected chi connectivity index (χ0v) is 9.01. The number of rotatable bonds is 2. The zero-order chi connectivity index (χ0) is 10.0. The standard InChI is InChI=1S/C7H3ClF2INO/c8-4-1-12-7(11)5(6(9)10)3(4)2-13/h1-2,6H. The molecule has 1 aromatic rings. The summed E-state index contributed by atoms with van der Waals surface area (Å²) in [5.74, 6) is 0. The molecule has 13 heavy (non-hydrogen) atoms. The van der Waals surface area contributed by atoms with E-state index in [4.69, 9.17) is 11.6 Å². The number of aromatic nitrogens is 1. The molecule has 0 aliphatic heterocycles. The maximum Gasteiger partial charge on any atom is 0.267 e. The maximum atomic E-state index is 12.4. The summed E-state index contributed by atoms with van der Waals surface area (Å²) >= 11 is 7.15. The molecule has 70 valence electrons. The van der Waals surface area contributed by atoms with Crippen molar-refractivity contribution in [3.8, 4) is 0 Å². The molecule has 0 aliphatic carbocycles. The topological polar surface area (TPSA) is 30.0 Å². The molecule has 0 radical (unpaired) electrons. The third-order valence-corrected chi connectivity index (χ3v) is 2.56. The van der Waals surface area contributed by atoms with Gasteiger partial charge in [-0.2, -0.15) is 0 Å². The van der Waals surface area contributed by atoms with Crippen molar-refractivity contribution >= 4 is 40.5 Å². The fourth-order valence-electron chi connectivity index (χ4n) is 0.820. The molecule has 1 rings (SSSR count). The Labute approximate surface area is 91.4 Å². The molecule has 0 amide bonds. The first kappa shape index (κ1) is 10.8. The smallest absolute Gasteiger partial charge is 0.267 e. The molecule has 0 saturated heterocycles. The molecular formula is C7H3ClF2INO. The molecule has 1 heterocycles. The Bertz CT molecular complexity index is 346. The molecule has 1 aromatic heterocycles. The molecule has 0 bridgehead atoms. The van der Waals surface area contributed by atoms with Crippen LogP contribution < -0.4 is 0 Å². The average molecular weight is 317 g/mol. The second-order valence-corrected chi connectivity index (χ2v) is 3.57. The molecule has 0 aliphatic rings. The first-order valence-corrected chi connectivity index (χ1v) is 4.60. The first-order chi connectivity index (χ1) is 6.07. The minimum absolute atomic E-state index is 0.0503. The van der Waals surface area contributed by atoms with Crippen molar-refractivity contribution in [2.75, 3.05) is 0 Å². The number of pyridine rings is 1. The van der Waals surface area contributed by atoms with E-state index in [0.717, 1.165) is 0 Å². The lowest BCUT2D eigenvalue weighted by Gasteiger charge is -2.06. The normalized spacial score (nSPS) is 10.5. The summed E-state index contributed by atoms with van der Waals surface area (Å²) in [6.45, 7) is 0. The van der Waals surface area contributed by atoms with Gasteiger partial charge in [0.25, 0.3) is 6.43 Å². The van der Waals surface area contributed by atoms with Gasteiger partial charge in [-0.1, -0.05) is 11.6 Å². The van der Waals surface area contributed by atoms with Gasteiger partial charge in [0.15, 0.2) is 6.29 Å². The molecule has 0 unspecified atom stereocenters. The predicted octanol–water partition coefficient (Wildman–Crippen LogP) is 3.09. The van der Waals surface area contributed by atoms with Crippen molar-refractivity contribution < 1.29 is 13.6 Å². The number of carbonyl (C=O) groups is 1. The van der Waals surface area contributed by atoms with Gasteiger partial charge in [-0.25, -0.2) is 13.8 Å². The van der Waals surface area contributed by atoms with Crippen LogP contribution in [0.2, 0.25) is 5.02 Å². The second kappa shape index (κ2) is 4.28. The van der Waals surface area contributed by atoms with E-state index in [1.165, 1.54) is 6.20 Å². The lowest BCUT2D eigenvalue weighted by molar-refractivity contribution is 0.110. The van der Waals surface area contributed by atoms with Crippen LogP contribution in [-0.4, -0.2) is 11.3 Å². The zero-order valence-electron chi connectivity index (χ0n) is 6.10. The van der Waals surface area contributed by atoms with Crippen LogP contribution >= 0.6 is 34.2 Å². The van der Waals surface area contributed by atoms with E-state index in [0.29, 0.717) is 6.29 Å². The highest BCUT2D eigenvalue weighted by molar-refractivity contribution is 14.1. The summed E-state index contributed by atoms with van der Waals surface area (Å²) in [5, 5.41) is -0.0503. The van der Waals surface area contributed by atoms with Gasteiger partial charge in [-0.05, 0) is 22.6 Å². The first-order valence-electron chi connectivity index (χ1n) is 3.15. The van der Waals surface area contributed by atoms with Crippen LogP contribution in [0, 0.1) is 3.70 Å². The molecule has 6 heteroatoms. The second-order valence-electron chi connectivity index (χ2n) is 2.14. The van der Waals surface area contributed by atoms with Gasteiger partial charge in [0.2, 0.25) is 0 Å². The fraction of sp³-hybridized carbons (Fsp3) is 0.143. The fourth-order valence-corrected chi connectivity index (χ4v) is 1.68. The Morgan fingerprint density at radius 3 is 2.62 bits per heavy atom. The Morgan fingerprint density at radius 2 is 2.23 bits per heavy atom. The number of hydrogen-bond donors (Lipinski definition) is 0. The SMILES string of the molecule is O=Cc1c(Cl)cnc(I)c1C(F)F. The van der Waals surface area contributed by atoms with Crippen molar-refractivity contribution in [2.24, 2.45) is 0 Å². The number of alkyl halides is 2. The van der Waals surface area contributed by atoms with Crippen molar-refractivity contribution in [3.63, 3.8) is 0 Å². The van der Waals surface area contributed by atoms with Gasteiger partial charge in [0.05, 0.1) is 10.6 Å². The summed E-state index contributed by atoms with van der Waals surface area (Å²) in [4.78, 5) is 14.1. The van der Waals surface area contributed by atoms with Crippen LogP contribution in [0.15, 0.2) is 6.20 Å². The molecule has 0 aromatic carbocycles. The molecule has 0 fully saturated rings. The van der Waals surface area contributed by atoms with Crippen molar-refractivity contribution in [3.05, 3.63) is 26.0 Å². The van der Waals surface area contributed by atoms with Gasteiger partial charge in [0, 0.05) is 11.8 Å². The molecule has 0 atom stereocenters. The van der Waals surface area contributed by atoms with E-state index in [9.17, 15) is 13.6 Å². The van der Waals surface area contributed by atoms with Crippen molar-refractivity contribution in [1.29, 1.82) is 0 Å². The van der Waals surface area contributed by atoms with Crippen molar-refractivity contribution in [2.45, 2.75) is 6.43 Å². The van der Waals surface area contributed by atoms with Crippen LogP contribution in [0.5, 0.6) is 0 Å². The van der Waals surface area contributed by atoms with Crippen LogP contribution in [0.3, 0.4) is 0 Å². The van der Waals surface area contributed by atoms with E-state index in [-0.39, 0.29) is 14.3 Å². The maximum absolute atomic E-state index is 12.4. The molecule has 0 saturated carbocycles. The van der Waals surface area contributed by atoms with E-state index in [1.807, 2.05) is 0 Å². The molecule has 2 nitrogen and oxygen atoms in total. The number of carbonyl (C=O) groups excluding carboxylic acids is 1. The summed E-state index contributed by atoms with van der Waals surface area (Å²) in [5.41, 5.74) is -0.584. The summed E-state index contributed by atoms with van der Waals surface area (Å²) < 4.78 is 24.9. The Balaban J connectivity index is 3.43. The average Bonchev–Trinajstić information content (AvgIpc) is 2.07. The number of hydrogen-bond acceptors (Lipinski definition) is 2. The third-order valence-electron chi connectivity index (χ3n) is 1.40. The van der Waals surface area contributed by atoms with Crippen LogP contribution in [0.1, 0.15) is 22.3 Å². The lowest BCUT2D eigenvalue weighted by atomic mass is 10.1. The lowest BCUT2D eigenvalue weighted by Crippen LogP contribution is -2.00. The Morgan fingerprint density at radius 1 is 1.62 bits per heavy atom. The number of halogens is 4. The summed E-state index contributed by atoms with van der Waals surface area (Å²) in [6.07, 6.45) is -1.25. The highest BCUT2D eigenvalue weighted by atomic mass is 127. The molecule has 0 spiro atoms. The highest BCUT2D eigenvalue weighted by Gasteiger charge is 2.19. The van der Waals surface area contributed by atoms with Crippen LogP contribution in [0.4, 0.5) is 8.78 Å². The summed E-state index contributed by atoms with van der Waals surface area (Å²) in [7, 11) is 0. The molecule has 0 N–H and O–H groups in total. The minimum atomic E-state index is -2.74. The van der Waals surface area contributed by atoms with Gasteiger partial charge in [0.1, 0.15) is 3.70 Å². The number of aldehydes is 1. The van der Waals surface area contributed by atoms with E-state index >= 15 is 0 Å². The van der Waals surface area contributed by atoms with Crippen LogP contribution in [0.25, 0.3) is 0 Å². The van der Waals surface area contributed by atoms with Crippen molar-refractivity contribution in [1.82, 2.24) is 4.98 Å². The number of nitrogens with zero attached hydrogens (tertiary/aromatic N) is 1. The van der Waals surface area contributed by atoms with E-state index in [2.05, 4.69) is 4.98 Å². The van der Waals surface area contributed by atoms with Gasteiger partial charge < -0.3 is 0 Å². The summed E-state index contributed by atoms with van der Waals surface area (Å²) in [6, 6.07) is 0. The van der Waals surface area contributed by atoms with E-state index < -0.39 is 12.0 Å². The Kier molecular flexibility index (Phi) is 3.55. The highest BCUT2D eigenvalue weighted by Crippen LogP contribution is 2.29. The van der Waals surface area contributed by atoms with Gasteiger partial charge in [-0.15, -0.1) is 0 Å². The predicted molar refractivity (Wildman–Crippen MR) is 52.3 cm³/mol. The monoisotopic (exact) mass is 317 g/mol. The van der Waals surface area contributed by atoms with Gasteiger partial charge >= 0.3 is 0 Å². The largest absolute Gasteiger partial charge is 0.298 e.